The lowest BCUT2D eigenvalue weighted by Gasteiger charge is -2.35. The molecule has 2 heteroatoms. The number of rotatable bonds is 5. The second-order valence-corrected chi connectivity index (χ2v) is 4.68. The Morgan fingerprint density at radius 3 is 2.64 bits per heavy atom. The van der Waals surface area contributed by atoms with Gasteiger partial charge in [0.05, 0.1) is 0 Å². The van der Waals surface area contributed by atoms with E-state index in [9.17, 15) is 0 Å². The molecule has 0 heterocycles. The summed E-state index contributed by atoms with van der Waals surface area (Å²) in [7, 11) is 1.80. The van der Waals surface area contributed by atoms with E-state index in [0.29, 0.717) is 5.92 Å². The molecule has 1 fully saturated rings. The van der Waals surface area contributed by atoms with E-state index in [0.717, 1.165) is 25.0 Å². The molecule has 1 saturated carbocycles. The van der Waals surface area contributed by atoms with E-state index in [1.165, 1.54) is 32.1 Å². The Kier molecular flexibility index (Phi) is 5.49. The maximum absolute atomic E-state index is 5.79. The molecule has 0 aromatic rings. The summed E-state index contributed by atoms with van der Waals surface area (Å²) in [6.45, 7) is 4.02. The van der Waals surface area contributed by atoms with Crippen molar-refractivity contribution < 1.29 is 4.74 Å². The highest BCUT2D eigenvalue weighted by atomic mass is 16.5. The molecular formula is C12H25NO. The normalized spacial score (nSPS) is 33.2. The van der Waals surface area contributed by atoms with Gasteiger partial charge in [-0.1, -0.05) is 26.2 Å². The summed E-state index contributed by atoms with van der Waals surface area (Å²) in [5, 5.41) is 0. The minimum absolute atomic E-state index is 0.711. The number of hydrogen-bond donors (Lipinski definition) is 1. The minimum Gasteiger partial charge on any atom is -0.384 e. The lowest BCUT2D eigenvalue weighted by Crippen LogP contribution is -2.32. The highest BCUT2D eigenvalue weighted by Crippen LogP contribution is 2.35. The average Bonchev–Trinajstić information content (AvgIpc) is 2.19. The van der Waals surface area contributed by atoms with Gasteiger partial charge in [-0.15, -0.1) is 0 Å². The van der Waals surface area contributed by atoms with Gasteiger partial charge in [-0.3, -0.25) is 0 Å². The first kappa shape index (κ1) is 12.0. The second kappa shape index (κ2) is 6.41. The molecular weight excluding hydrogens is 174 g/mol. The van der Waals surface area contributed by atoms with Crippen LogP contribution in [-0.2, 0) is 4.74 Å². The fraction of sp³-hybridized carbons (Fsp3) is 1.00. The van der Waals surface area contributed by atoms with E-state index < -0.39 is 0 Å². The SMILES string of the molecule is CCCC1CCC(CN)C(COC)C1. The summed E-state index contributed by atoms with van der Waals surface area (Å²) >= 11 is 0. The van der Waals surface area contributed by atoms with Crippen LogP contribution in [-0.4, -0.2) is 20.3 Å². The van der Waals surface area contributed by atoms with Crippen molar-refractivity contribution in [1.29, 1.82) is 0 Å². The topological polar surface area (TPSA) is 35.2 Å². The van der Waals surface area contributed by atoms with E-state index in [4.69, 9.17) is 10.5 Å². The van der Waals surface area contributed by atoms with Crippen LogP contribution in [0.2, 0.25) is 0 Å². The van der Waals surface area contributed by atoms with E-state index in [1.54, 1.807) is 7.11 Å². The third-order valence-electron chi connectivity index (χ3n) is 3.63. The number of hydrogen-bond acceptors (Lipinski definition) is 2. The average molecular weight is 199 g/mol. The first-order valence-electron chi connectivity index (χ1n) is 6.00. The van der Waals surface area contributed by atoms with Gasteiger partial charge >= 0.3 is 0 Å². The molecule has 1 aliphatic rings. The van der Waals surface area contributed by atoms with Gasteiger partial charge in [0.15, 0.2) is 0 Å². The molecule has 84 valence electrons. The summed E-state index contributed by atoms with van der Waals surface area (Å²) in [4.78, 5) is 0. The van der Waals surface area contributed by atoms with Crippen molar-refractivity contribution in [2.75, 3.05) is 20.3 Å². The van der Waals surface area contributed by atoms with Crippen LogP contribution in [0.25, 0.3) is 0 Å². The van der Waals surface area contributed by atoms with Crippen molar-refractivity contribution in [3.8, 4) is 0 Å². The molecule has 14 heavy (non-hydrogen) atoms. The summed E-state index contributed by atoms with van der Waals surface area (Å²) in [6, 6.07) is 0. The number of ether oxygens (including phenoxy) is 1. The Hall–Kier alpha value is -0.0800. The van der Waals surface area contributed by atoms with Crippen LogP contribution < -0.4 is 5.73 Å². The Morgan fingerprint density at radius 1 is 1.29 bits per heavy atom. The summed E-state index contributed by atoms with van der Waals surface area (Å²) in [5.41, 5.74) is 5.79. The standard InChI is InChI=1S/C12H25NO/c1-3-4-10-5-6-11(8-13)12(7-10)9-14-2/h10-12H,3-9,13H2,1-2H3. The molecule has 0 amide bonds. The van der Waals surface area contributed by atoms with Crippen molar-refractivity contribution in [3.05, 3.63) is 0 Å². The van der Waals surface area contributed by atoms with Crippen molar-refractivity contribution >= 4 is 0 Å². The van der Waals surface area contributed by atoms with Gasteiger partial charge in [0.25, 0.3) is 0 Å². The third kappa shape index (κ3) is 3.25. The summed E-state index contributed by atoms with van der Waals surface area (Å²) in [6.07, 6.45) is 6.74. The van der Waals surface area contributed by atoms with E-state index >= 15 is 0 Å². The molecule has 0 saturated heterocycles. The van der Waals surface area contributed by atoms with Crippen LogP contribution in [0.15, 0.2) is 0 Å². The quantitative estimate of drug-likeness (QED) is 0.738. The van der Waals surface area contributed by atoms with Crippen LogP contribution in [0.5, 0.6) is 0 Å². The Labute approximate surface area is 88.2 Å². The molecule has 0 aromatic heterocycles. The summed E-state index contributed by atoms with van der Waals surface area (Å²) < 4.78 is 5.28. The molecule has 3 atom stereocenters. The van der Waals surface area contributed by atoms with Gasteiger partial charge in [-0.2, -0.15) is 0 Å². The van der Waals surface area contributed by atoms with Crippen LogP contribution in [0, 0.1) is 17.8 Å². The third-order valence-corrected chi connectivity index (χ3v) is 3.63. The molecule has 2 N–H and O–H groups in total. The molecule has 0 bridgehead atoms. The van der Waals surface area contributed by atoms with Crippen molar-refractivity contribution in [3.63, 3.8) is 0 Å². The lowest BCUT2D eigenvalue weighted by molar-refractivity contribution is 0.0747. The molecule has 1 rings (SSSR count). The minimum atomic E-state index is 0.711. The number of nitrogens with two attached hydrogens (primary N) is 1. The van der Waals surface area contributed by atoms with Gasteiger partial charge in [-0.05, 0) is 37.1 Å². The van der Waals surface area contributed by atoms with Gasteiger partial charge in [-0.25, -0.2) is 0 Å². The van der Waals surface area contributed by atoms with Gasteiger partial charge in [0.2, 0.25) is 0 Å². The van der Waals surface area contributed by atoms with Crippen molar-refractivity contribution in [2.24, 2.45) is 23.5 Å². The molecule has 0 aliphatic heterocycles. The largest absolute Gasteiger partial charge is 0.384 e. The van der Waals surface area contributed by atoms with E-state index in [-0.39, 0.29) is 0 Å². The van der Waals surface area contributed by atoms with Crippen LogP contribution in [0.4, 0.5) is 0 Å². The first-order valence-corrected chi connectivity index (χ1v) is 6.00. The first-order chi connectivity index (χ1) is 6.81. The van der Waals surface area contributed by atoms with Gasteiger partial charge in [0.1, 0.15) is 0 Å². The molecule has 0 spiro atoms. The predicted octanol–water partition coefficient (Wildman–Crippen LogP) is 2.42. The molecule has 3 unspecified atom stereocenters. The summed E-state index contributed by atoms with van der Waals surface area (Å²) in [5.74, 6) is 2.36. The maximum atomic E-state index is 5.79. The monoisotopic (exact) mass is 199 g/mol. The molecule has 2 nitrogen and oxygen atoms in total. The zero-order valence-corrected chi connectivity index (χ0v) is 9.67. The zero-order chi connectivity index (χ0) is 10.4. The van der Waals surface area contributed by atoms with Crippen molar-refractivity contribution in [2.45, 2.75) is 39.0 Å². The smallest absolute Gasteiger partial charge is 0.0493 e. The highest BCUT2D eigenvalue weighted by molar-refractivity contribution is 4.80. The second-order valence-electron chi connectivity index (χ2n) is 4.68. The lowest BCUT2D eigenvalue weighted by atomic mass is 9.73. The predicted molar refractivity (Wildman–Crippen MR) is 60.2 cm³/mol. The van der Waals surface area contributed by atoms with Crippen LogP contribution in [0.1, 0.15) is 39.0 Å². The maximum Gasteiger partial charge on any atom is 0.0493 e. The molecule has 0 aromatic carbocycles. The molecule has 1 aliphatic carbocycles. The van der Waals surface area contributed by atoms with E-state index in [2.05, 4.69) is 6.92 Å². The molecule has 0 radical (unpaired) electrons. The fourth-order valence-electron chi connectivity index (χ4n) is 2.82. The number of methoxy groups -OCH3 is 1. The Morgan fingerprint density at radius 2 is 2.07 bits per heavy atom. The zero-order valence-electron chi connectivity index (χ0n) is 9.67. The fourth-order valence-corrected chi connectivity index (χ4v) is 2.82. The Bertz CT molecular complexity index is 149. The van der Waals surface area contributed by atoms with Crippen LogP contribution in [0.3, 0.4) is 0 Å². The van der Waals surface area contributed by atoms with Crippen LogP contribution >= 0.6 is 0 Å². The van der Waals surface area contributed by atoms with E-state index in [1.807, 2.05) is 0 Å². The van der Waals surface area contributed by atoms with Crippen molar-refractivity contribution in [1.82, 2.24) is 0 Å². The van der Waals surface area contributed by atoms with Gasteiger partial charge in [0, 0.05) is 13.7 Å². The van der Waals surface area contributed by atoms with Gasteiger partial charge < -0.3 is 10.5 Å². The highest BCUT2D eigenvalue weighted by Gasteiger charge is 2.28. The Balaban J connectivity index is 2.39.